The standard InChI is InChI=1S/C14H26O2/c1-6-8-11(3)9-12(4)10-13(5)14(15)16-7-2/h8,12-13H,6-7,9-10H2,1-5H3/b11-8+. The molecule has 0 saturated carbocycles. The number of hydrogen-bond acceptors (Lipinski definition) is 2. The SMILES string of the molecule is CC/C=C(\C)CC(C)CC(C)C(=O)OCC. The van der Waals surface area contributed by atoms with E-state index in [0.717, 1.165) is 19.3 Å². The molecule has 0 aromatic rings. The minimum atomic E-state index is -0.0634. The molecule has 2 atom stereocenters. The molecule has 0 aliphatic heterocycles. The Morgan fingerprint density at radius 1 is 1.31 bits per heavy atom. The molecule has 2 nitrogen and oxygen atoms in total. The summed E-state index contributed by atoms with van der Waals surface area (Å²) in [5.41, 5.74) is 1.42. The van der Waals surface area contributed by atoms with Gasteiger partial charge in [-0.2, -0.15) is 0 Å². The first-order valence-electron chi connectivity index (χ1n) is 6.33. The van der Waals surface area contributed by atoms with Crippen molar-refractivity contribution in [3.05, 3.63) is 11.6 Å². The third-order valence-corrected chi connectivity index (χ3v) is 2.67. The molecular formula is C14H26O2. The highest BCUT2D eigenvalue weighted by Gasteiger charge is 2.17. The van der Waals surface area contributed by atoms with Crippen LogP contribution in [0.15, 0.2) is 11.6 Å². The van der Waals surface area contributed by atoms with Crippen molar-refractivity contribution in [2.45, 2.75) is 53.9 Å². The molecule has 0 bridgehead atoms. The first kappa shape index (κ1) is 15.2. The van der Waals surface area contributed by atoms with E-state index >= 15 is 0 Å². The van der Waals surface area contributed by atoms with Gasteiger partial charge in [-0.25, -0.2) is 0 Å². The van der Waals surface area contributed by atoms with Crippen LogP contribution in [0.3, 0.4) is 0 Å². The monoisotopic (exact) mass is 226 g/mol. The van der Waals surface area contributed by atoms with Crippen molar-refractivity contribution in [2.24, 2.45) is 11.8 Å². The Bertz CT molecular complexity index is 231. The Labute approximate surface area is 100 Å². The van der Waals surface area contributed by atoms with Crippen molar-refractivity contribution in [2.75, 3.05) is 6.61 Å². The lowest BCUT2D eigenvalue weighted by Gasteiger charge is -2.16. The molecule has 16 heavy (non-hydrogen) atoms. The van der Waals surface area contributed by atoms with Crippen LogP contribution >= 0.6 is 0 Å². The van der Waals surface area contributed by atoms with E-state index in [9.17, 15) is 4.79 Å². The summed E-state index contributed by atoms with van der Waals surface area (Å²) in [6.07, 6.45) is 5.34. The second-order valence-corrected chi connectivity index (χ2v) is 4.66. The number of rotatable bonds is 7. The fraction of sp³-hybridized carbons (Fsp3) is 0.786. The highest BCUT2D eigenvalue weighted by molar-refractivity contribution is 5.71. The fourth-order valence-electron chi connectivity index (χ4n) is 2.05. The van der Waals surface area contributed by atoms with Crippen LogP contribution in [0.4, 0.5) is 0 Å². The quantitative estimate of drug-likeness (QED) is 0.485. The summed E-state index contributed by atoms with van der Waals surface area (Å²) < 4.78 is 5.00. The summed E-state index contributed by atoms with van der Waals surface area (Å²) in [4.78, 5) is 11.5. The summed E-state index contributed by atoms with van der Waals surface area (Å²) in [7, 11) is 0. The van der Waals surface area contributed by atoms with E-state index in [2.05, 4.69) is 26.8 Å². The number of ether oxygens (including phenoxy) is 1. The van der Waals surface area contributed by atoms with Gasteiger partial charge in [-0.15, -0.1) is 0 Å². The second-order valence-electron chi connectivity index (χ2n) is 4.66. The molecule has 2 heteroatoms. The van der Waals surface area contributed by atoms with E-state index in [-0.39, 0.29) is 11.9 Å². The van der Waals surface area contributed by atoms with Crippen molar-refractivity contribution >= 4 is 5.97 Å². The van der Waals surface area contributed by atoms with Crippen molar-refractivity contribution in [3.63, 3.8) is 0 Å². The summed E-state index contributed by atoms with van der Waals surface area (Å²) >= 11 is 0. The lowest BCUT2D eigenvalue weighted by atomic mass is 9.92. The van der Waals surface area contributed by atoms with Crippen molar-refractivity contribution < 1.29 is 9.53 Å². The van der Waals surface area contributed by atoms with Gasteiger partial charge in [-0.1, -0.05) is 32.4 Å². The van der Waals surface area contributed by atoms with Gasteiger partial charge in [-0.05, 0) is 39.0 Å². The topological polar surface area (TPSA) is 26.3 Å². The first-order valence-corrected chi connectivity index (χ1v) is 6.33. The average molecular weight is 226 g/mol. The van der Waals surface area contributed by atoms with Gasteiger partial charge in [0.15, 0.2) is 0 Å². The van der Waals surface area contributed by atoms with E-state index in [4.69, 9.17) is 4.74 Å². The van der Waals surface area contributed by atoms with Gasteiger partial charge in [0.25, 0.3) is 0 Å². The summed E-state index contributed by atoms with van der Waals surface area (Å²) in [5, 5.41) is 0. The van der Waals surface area contributed by atoms with Crippen LogP contribution in [0, 0.1) is 11.8 Å². The number of esters is 1. The molecule has 2 unspecified atom stereocenters. The number of carbonyl (C=O) groups excluding carboxylic acids is 1. The molecule has 0 rings (SSSR count). The Balaban J connectivity index is 3.99. The fourth-order valence-corrected chi connectivity index (χ4v) is 2.05. The van der Waals surface area contributed by atoms with E-state index < -0.39 is 0 Å². The van der Waals surface area contributed by atoms with Gasteiger partial charge >= 0.3 is 5.97 Å². The molecule has 0 aromatic carbocycles. The zero-order chi connectivity index (χ0) is 12.6. The molecule has 0 N–H and O–H groups in total. The zero-order valence-corrected chi connectivity index (χ0v) is 11.4. The number of hydrogen-bond donors (Lipinski definition) is 0. The molecule has 0 amide bonds. The largest absolute Gasteiger partial charge is 0.466 e. The maximum absolute atomic E-state index is 11.5. The predicted octanol–water partition coefficient (Wildman–Crippen LogP) is 3.96. The summed E-state index contributed by atoms with van der Waals surface area (Å²) in [6.45, 7) is 10.8. The first-order chi connectivity index (χ1) is 7.51. The van der Waals surface area contributed by atoms with Crippen LogP contribution in [0.1, 0.15) is 53.9 Å². The van der Waals surface area contributed by atoms with Crippen LogP contribution in [-0.2, 0) is 9.53 Å². The molecule has 0 heterocycles. The van der Waals surface area contributed by atoms with Gasteiger partial charge in [0.1, 0.15) is 0 Å². The van der Waals surface area contributed by atoms with Gasteiger partial charge < -0.3 is 4.74 Å². The number of allylic oxidation sites excluding steroid dienone is 2. The summed E-state index contributed by atoms with van der Waals surface area (Å²) in [5.74, 6) is 0.498. The van der Waals surface area contributed by atoms with Gasteiger partial charge in [0.05, 0.1) is 12.5 Å². The third-order valence-electron chi connectivity index (χ3n) is 2.67. The van der Waals surface area contributed by atoms with Crippen LogP contribution < -0.4 is 0 Å². The molecule has 0 saturated heterocycles. The lowest BCUT2D eigenvalue weighted by Crippen LogP contribution is -2.17. The minimum absolute atomic E-state index is 0.0179. The maximum atomic E-state index is 11.5. The van der Waals surface area contributed by atoms with E-state index in [1.165, 1.54) is 5.57 Å². The van der Waals surface area contributed by atoms with Gasteiger partial charge in [0.2, 0.25) is 0 Å². The van der Waals surface area contributed by atoms with E-state index in [1.807, 2.05) is 13.8 Å². The van der Waals surface area contributed by atoms with Gasteiger partial charge in [-0.3, -0.25) is 4.79 Å². The van der Waals surface area contributed by atoms with Gasteiger partial charge in [0, 0.05) is 0 Å². The third kappa shape index (κ3) is 6.65. The molecule has 0 fully saturated rings. The highest BCUT2D eigenvalue weighted by Crippen LogP contribution is 2.20. The number of carbonyl (C=O) groups is 1. The molecule has 0 aromatic heterocycles. The zero-order valence-electron chi connectivity index (χ0n) is 11.4. The lowest BCUT2D eigenvalue weighted by molar-refractivity contribution is -0.147. The normalized spacial score (nSPS) is 15.7. The molecule has 0 spiro atoms. The van der Waals surface area contributed by atoms with Crippen molar-refractivity contribution in [3.8, 4) is 0 Å². The predicted molar refractivity (Wildman–Crippen MR) is 68.2 cm³/mol. The highest BCUT2D eigenvalue weighted by atomic mass is 16.5. The van der Waals surface area contributed by atoms with E-state index in [1.54, 1.807) is 0 Å². The Hall–Kier alpha value is -0.790. The Morgan fingerprint density at radius 2 is 1.94 bits per heavy atom. The molecule has 0 aliphatic rings. The van der Waals surface area contributed by atoms with Crippen LogP contribution in [0.5, 0.6) is 0 Å². The molecule has 94 valence electrons. The molecule has 0 radical (unpaired) electrons. The van der Waals surface area contributed by atoms with Crippen molar-refractivity contribution in [1.29, 1.82) is 0 Å². The van der Waals surface area contributed by atoms with Crippen LogP contribution in [-0.4, -0.2) is 12.6 Å². The summed E-state index contributed by atoms with van der Waals surface area (Å²) in [6, 6.07) is 0. The Morgan fingerprint density at radius 3 is 2.44 bits per heavy atom. The van der Waals surface area contributed by atoms with Crippen LogP contribution in [0.25, 0.3) is 0 Å². The van der Waals surface area contributed by atoms with E-state index in [0.29, 0.717) is 12.5 Å². The molecular weight excluding hydrogens is 200 g/mol. The smallest absolute Gasteiger partial charge is 0.308 e. The van der Waals surface area contributed by atoms with Crippen LogP contribution in [0.2, 0.25) is 0 Å². The second kappa shape index (κ2) is 8.37. The average Bonchev–Trinajstić information content (AvgIpc) is 2.17. The maximum Gasteiger partial charge on any atom is 0.308 e. The van der Waals surface area contributed by atoms with Crippen molar-refractivity contribution in [1.82, 2.24) is 0 Å². The molecule has 0 aliphatic carbocycles. The minimum Gasteiger partial charge on any atom is -0.466 e. The Kier molecular flexibility index (Phi) is 7.96.